The number of nitrogens with zero attached hydrogens (tertiary/aromatic N) is 2. The molecule has 0 spiro atoms. The van der Waals surface area contributed by atoms with E-state index < -0.39 is 18.1 Å². The van der Waals surface area contributed by atoms with E-state index in [9.17, 15) is 9.18 Å². The van der Waals surface area contributed by atoms with Crippen molar-refractivity contribution in [2.75, 3.05) is 6.54 Å². The molecule has 0 radical (unpaired) electrons. The minimum Gasteiger partial charge on any atom is -0.368 e. The highest BCUT2D eigenvalue weighted by Gasteiger charge is 2.35. The number of primary amides is 1. The summed E-state index contributed by atoms with van der Waals surface area (Å²) in [7, 11) is 0. The van der Waals surface area contributed by atoms with Crippen molar-refractivity contribution < 1.29 is 9.18 Å². The molecule has 2 atom stereocenters. The van der Waals surface area contributed by atoms with Gasteiger partial charge in [-0.3, -0.25) is 14.7 Å². The fourth-order valence-electron chi connectivity index (χ4n) is 2.07. The number of hydrogen-bond donors (Lipinski definition) is 1. The predicted molar refractivity (Wildman–Crippen MR) is 62.2 cm³/mol. The van der Waals surface area contributed by atoms with Crippen LogP contribution in [0.1, 0.15) is 12.0 Å². The zero-order valence-corrected chi connectivity index (χ0v) is 9.90. The van der Waals surface area contributed by atoms with E-state index in [4.69, 9.17) is 17.3 Å². The van der Waals surface area contributed by atoms with Crippen molar-refractivity contribution in [2.45, 2.75) is 25.2 Å². The monoisotopic (exact) mass is 257 g/mol. The second-order valence-corrected chi connectivity index (χ2v) is 4.55. The van der Waals surface area contributed by atoms with Crippen molar-refractivity contribution in [1.82, 2.24) is 9.88 Å². The number of likely N-dealkylation sites (tertiary alicyclic amines) is 1. The van der Waals surface area contributed by atoms with Crippen LogP contribution >= 0.6 is 11.6 Å². The van der Waals surface area contributed by atoms with Gasteiger partial charge in [0.1, 0.15) is 6.17 Å². The van der Waals surface area contributed by atoms with Gasteiger partial charge in [0, 0.05) is 31.9 Å². The van der Waals surface area contributed by atoms with Crippen LogP contribution in [0, 0.1) is 0 Å². The highest BCUT2D eigenvalue weighted by Crippen LogP contribution is 2.24. The van der Waals surface area contributed by atoms with Crippen LogP contribution in [0.2, 0.25) is 5.02 Å². The van der Waals surface area contributed by atoms with Gasteiger partial charge in [-0.15, -0.1) is 0 Å². The molecular formula is C11H13ClFN3O. The average Bonchev–Trinajstić information content (AvgIpc) is 2.63. The van der Waals surface area contributed by atoms with Crippen LogP contribution in [0.5, 0.6) is 0 Å². The predicted octanol–water partition coefficient (Wildman–Crippen LogP) is 1.13. The molecule has 1 aromatic heterocycles. The highest BCUT2D eigenvalue weighted by molar-refractivity contribution is 6.31. The fraction of sp³-hybridized carbons (Fsp3) is 0.455. The minimum atomic E-state index is -1.01. The summed E-state index contributed by atoms with van der Waals surface area (Å²) in [5, 5.41) is 0.512. The lowest BCUT2D eigenvalue weighted by atomic mass is 10.2. The molecule has 1 amide bonds. The molecule has 0 unspecified atom stereocenters. The van der Waals surface area contributed by atoms with E-state index in [0.717, 1.165) is 5.56 Å². The van der Waals surface area contributed by atoms with Crippen molar-refractivity contribution in [3.8, 4) is 0 Å². The number of pyridine rings is 1. The van der Waals surface area contributed by atoms with Crippen molar-refractivity contribution in [1.29, 1.82) is 0 Å². The molecule has 0 aliphatic carbocycles. The standard InChI is InChI=1S/C11H13ClFN3O/c12-9-4-15-2-1-7(9)5-16-6-8(13)3-10(16)11(14)17/h1-2,4,8,10H,3,5-6H2,(H2,14,17)/t8-,10+/m1/s1. The van der Waals surface area contributed by atoms with Crippen LogP contribution in [0.25, 0.3) is 0 Å². The molecule has 1 saturated heterocycles. The number of halogens is 2. The minimum absolute atomic E-state index is 0.165. The first-order valence-corrected chi connectivity index (χ1v) is 5.71. The SMILES string of the molecule is NC(=O)[C@@H]1C[C@@H](F)CN1Cc1ccncc1Cl. The van der Waals surface area contributed by atoms with Gasteiger partial charge in [0.05, 0.1) is 11.1 Å². The first-order chi connectivity index (χ1) is 8.08. The van der Waals surface area contributed by atoms with E-state index in [0.29, 0.717) is 11.6 Å². The topological polar surface area (TPSA) is 59.2 Å². The molecule has 1 aromatic rings. The van der Waals surface area contributed by atoms with Gasteiger partial charge in [0.15, 0.2) is 0 Å². The van der Waals surface area contributed by atoms with Crippen LogP contribution in [-0.4, -0.2) is 34.5 Å². The van der Waals surface area contributed by atoms with Crippen molar-refractivity contribution in [2.24, 2.45) is 5.73 Å². The lowest BCUT2D eigenvalue weighted by molar-refractivity contribution is -0.122. The molecule has 6 heteroatoms. The Balaban J connectivity index is 2.13. The van der Waals surface area contributed by atoms with E-state index in [1.165, 1.54) is 6.20 Å². The number of aromatic nitrogens is 1. The van der Waals surface area contributed by atoms with Gasteiger partial charge in [-0.1, -0.05) is 11.6 Å². The van der Waals surface area contributed by atoms with Gasteiger partial charge in [-0.05, 0) is 11.6 Å². The summed E-state index contributed by atoms with van der Waals surface area (Å²) in [5.74, 6) is -0.490. The molecule has 1 fully saturated rings. The average molecular weight is 258 g/mol. The van der Waals surface area contributed by atoms with E-state index >= 15 is 0 Å². The maximum absolute atomic E-state index is 13.3. The molecule has 1 aliphatic heterocycles. The molecule has 0 aromatic carbocycles. The van der Waals surface area contributed by atoms with Gasteiger partial charge in [-0.25, -0.2) is 4.39 Å². The Bertz CT molecular complexity index is 429. The summed E-state index contributed by atoms with van der Waals surface area (Å²) in [6, 6.07) is 1.21. The Morgan fingerprint density at radius 2 is 2.47 bits per heavy atom. The summed E-state index contributed by atoms with van der Waals surface area (Å²) in [6.45, 7) is 0.627. The van der Waals surface area contributed by atoms with Crippen LogP contribution in [0.15, 0.2) is 18.5 Å². The van der Waals surface area contributed by atoms with E-state index in [1.807, 2.05) is 0 Å². The number of nitrogens with two attached hydrogens (primary N) is 1. The van der Waals surface area contributed by atoms with Gasteiger partial charge in [0.25, 0.3) is 0 Å². The third-order valence-electron chi connectivity index (χ3n) is 2.91. The van der Waals surface area contributed by atoms with Crippen LogP contribution < -0.4 is 5.73 Å². The molecule has 2 N–H and O–H groups in total. The normalized spacial score (nSPS) is 25.1. The zero-order valence-electron chi connectivity index (χ0n) is 9.14. The maximum Gasteiger partial charge on any atom is 0.234 e. The Labute approximate surface area is 104 Å². The number of rotatable bonds is 3. The number of hydrogen-bond acceptors (Lipinski definition) is 3. The van der Waals surface area contributed by atoms with Crippen LogP contribution in [-0.2, 0) is 11.3 Å². The third-order valence-corrected chi connectivity index (χ3v) is 3.25. The third kappa shape index (κ3) is 2.73. The number of carbonyl (C=O) groups is 1. The second-order valence-electron chi connectivity index (χ2n) is 4.15. The summed E-state index contributed by atoms with van der Waals surface area (Å²) >= 11 is 5.97. The molecule has 92 valence electrons. The number of amides is 1. The van der Waals surface area contributed by atoms with Gasteiger partial charge >= 0.3 is 0 Å². The molecule has 17 heavy (non-hydrogen) atoms. The highest BCUT2D eigenvalue weighted by atomic mass is 35.5. The maximum atomic E-state index is 13.3. The van der Waals surface area contributed by atoms with Crippen molar-refractivity contribution in [3.63, 3.8) is 0 Å². The summed E-state index contributed by atoms with van der Waals surface area (Å²) < 4.78 is 13.3. The van der Waals surface area contributed by atoms with Gasteiger partial charge < -0.3 is 5.73 Å². The van der Waals surface area contributed by atoms with Crippen molar-refractivity contribution in [3.05, 3.63) is 29.0 Å². The summed E-state index contributed by atoms with van der Waals surface area (Å²) in [4.78, 5) is 16.8. The number of carbonyl (C=O) groups excluding carboxylic acids is 1. The summed E-state index contributed by atoms with van der Waals surface area (Å²) in [6.07, 6.45) is 2.30. The Hall–Kier alpha value is -1.20. The molecule has 4 nitrogen and oxygen atoms in total. The first-order valence-electron chi connectivity index (χ1n) is 5.33. The fourth-order valence-corrected chi connectivity index (χ4v) is 2.25. The lowest BCUT2D eigenvalue weighted by Gasteiger charge is -2.21. The molecule has 1 aliphatic rings. The largest absolute Gasteiger partial charge is 0.368 e. The first kappa shape index (κ1) is 12.3. The smallest absolute Gasteiger partial charge is 0.234 e. The Morgan fingerprint density at radius 1 is 1.71 bits per heavy atom. The van der Waals surface area contributed by atoms with Gasteiger partial charge in [0.2, 0.25) is 5.91 Å². The molecular weight excluding hydrogens is 245 g/mol. The van der Waals surface area contributed by atoms with E-state index in [-0.39, 0.29) is 13.0 Å². The van der Waals surface area contributed by atoms with E-state index in [2.05, 4.69) is 4.98 Å². The molecule has 2 heterocycles. The van der Waals surface area contributed by atoms with Crippen LogP contribution in [0.4, 0.5) is 4.39 Å². The second kappa shape index (κ2) is 4.98. The quantitative estimate of drug-likeness (QED) is 0.883. The van der Waals surface area contributed by atoms with Crippen LogP contribution in [0.3, 0.4) is 0 Å². The van der Waals surface area contributed by atoms with Crippen molar-refractivity contribution >= 4 is 17.5 Å². The molecule has 0 bridgehead atoms. The zero-order chi connectivity index (χ0) is 12.4. The Morgan fingerprint density at radius 3 is 3.12 bits per heavy atom. The van der Waals surface area contributed by atoms with Gasteiger partial charge in [-0.2, -0.15) is 0 Å². The van der Waals surface area contributed by atoms with E-state index in [1.54, 1.807) is 17.2 Å². The molecule has 2 rings (SSSR count). The number of alkyl halides is 1. The lowest BCUT2D eigenvalue weighted by Crippen LogP contribution is -2.39. The Kier molecular flexibility index (Phi) is 3.59. The summed E-state index contributed by atoms with van der Waals surface area (Å²) in [5.41, 5.74) is 6.07. The molecule has 0 saturated carbocycles.